The highest BCUT2D eigenvalue weighted by Crippen LogP contribution is 2.28. The second-order valence-corrected chi connectivity index (χ2v) is 5.33. The molecule has 90 valence electrons. The molecule has 17 heavy (non-hydrogen) atoms. The highest BCUT2D eigenvalue weighted by atomic mass is 79.9. The van der Waals surface area contributed by atoms with Gasteiger partial charge in [-0.15, -0.1) is 11.3 Å². The first-order valence-electron chi connectivity index (χ1n) is 4.86. The van der Waals surface area contributed by atoms with Gasteiger partial charge in [0, 0.05) is 11.3 Å². The van der Waals surface area contributed by atoms with Crippen LogP contribution in [0.5, 0.6) is 5.88 Å². The lowest BCUT2D eigenvalue weighted by atomic mass is 10.3. The summed E-state index contributed by atoms with van der Waals surface area (Å²) in [5.74, 6) is 0.465. The predicted octanol–water partition coefficient (Wildman–Crippen LogP) is 3.28. The van der Waals surface area contributed by atoms with E-state index in [4.69, 9.17) is 16.3 Å². The molecule has 0 spiro atoms. The first kappa shape index (κ1) is 12.7. The Kier molecular flexibility index (Phi) is 4.31. The zero-order valence-electron chi connectivity index (χ0n) is 8.98. The molecule has 0 atom stereocenters. The van der Waals surface area contributed by atoms with Crippen LogP contribution in [0.2, 0.25) is 5.15 Å². The highest BCUT2D eigenvalue weighted by molar-refractivity contribution is 9.10. The molecular weight excluding hydrogens is 326 g/mol. The van der Waals surface area contributed by atoms with Crippen molar-refractivity contribution in [1.29, 1.82) is 0 Å². The van der Waals surface area contributed by atoms with Crippen molar-refractivity contribution in [3.63, 3.8) is 0 Å². The zero-order valence-corrected chi connectivity index (χ0v) is 12.1. The van der Waals surface area contributed by atoms with Crippen molar-refractivity contribution in [2.24, 2.45) is 0 Å². The maximum atomic E-state index is 5.83. The number of aromatic nitrogens is 3. The van der Waals surface area contributed by atoms with Gasteiger partial charge < -0.3 is 4.74 Å². The monoisotopic (exact) mass is 333 g/mol. The Morgan fingerprint density at radius 1 is 1.41 bits per heavy atom. The SMILES string of the molecule is Cc1ncsc1CCOc1ncnc(Cl)c1Br. The van der Waals surface area contributed by atoms with Crippen LogP contribution in [-0.4, -0.2) is 21.6 Å². The Balaban J connectivity index is 1.95. The van der Waals surface area contributed by atoms with E-state index in [0.717, 1.165) is 12.1 Å². The molecule has 0 saturated carbocycles. The Bertz CT molecular complexity index is 520. The van der Waals surface area contributed by atoms with Crippen molar-refractivity contribution in [2.75, 3.05) is 6.61 Å². The summed E-state index contributed by atoms with van der Waals surface area (Å²) in [5, 5.41) is 0.351. The summed E-state index contributed by atoms with van der Waals surface area (Å²) in [6.07, 6.45) is 2.19. The standard InChI is InChI=1S/C10H9BrClN3OS/c1-6-7(17-5-15-6)2-3-16-10-8(11)9(12)13-4-14-10/h4-5H,2-3H2,1H3. The van der Waals surface area contributed by atoms with Crippen LogP contribution in [0.4, 0.5) is 0 Å². The maximum Gasteiger partial charge on any atom is 0.232 e. The summed E-state index contributed by atoms with van der Waals surface area (Å²) in [5.41, 5.74) is 2.89. The van der Waals surface area contributed by atoms with Crippen molar-refractivity contribution in [2.45, 2.75) is 13.3 Å². The van der Waals surface area contributed by atoms with Crippen LogP contribution in [0, 0.1) is 6.92 Å². The molecule has 0 aromatic carbocycles. The Morgan fingerprint density at radius 3 is 2.94 bits per heavy atom. The van der Waals surface area contributed by atoms with E-state index in [2.05, 4.69) is 30.9 Å². The Labute approximate surface area is 116 Å². The van der Waals surface area contributed by atoms with Gasteiger partial charge in [-0.25, -0.2) is 15.0 Å². The first-order chi connectivity index (χ1) is 8.18. The molecule has 7 heteroatoms. The summed E-state index contributed by atoms with van der Waals surface area (Å²) in [7, 11) is 0. The second-order valence-electron chi connectivity index (χ2n) is 3.24. The second kappa shape index (κ2) is 5.75. The molecule has 2 heterocycles. The van der Waals surface area contributed by atoms with E-state index in [9.17, 15) is 0 Å². The van der Waals surface area contributed by atoms with Gasteiger partial charge in [0.1, 0.15) is 10.8 Å². The lowest BCUT2D eigenvalue weighted by Crippen LogP contribution is -2.03. The van der Waals surface area contributed by atoms with E-state index >= 15 is 0 Å². The lowest BCUT2D eigenvalue weighted by Gasteiger charge is -2.06. The largest absolute Gasteiger partial charge is 0.476 e. The van der Waals surface area contributed by atoms with Crippen LogP contribution in [0.25, 0.3) is 0 Å². The summed E-state index contributed by atoms with van der Waals surface area (Å²) in [4.78, 5) is 13.2. The van der Waals surface area contributed by atoms with Gasteiger partial charge in [-0.05, 0) is 22.9 Å². The number of halogens is 2. The number of nitrogens with zero attached hydrogens (tertiary/aromatic N) is 3. The van der Waals surface area contributed by atoms with E-state index < -0.39 is 0 Å². The predicted molar refractivity (Wildman–Crippen MR) is 70.8 cm³/mol. The molecular formula is C10H9BrClN3OS. The van der Waals surface area contributed by atoms with Crippen molar-refractivity contribution >= 4 is 38.9 Å². The normalized spacial score (nSPS) is 10.5. The van der Waals surface area contributed by atoms with Gasteiger partial charge in [0.15, 0.2) is 5.15 Å². The third-order valence-corrected chi connectivity index (χ3v) is 4.35. The van der Waals surface area contributed by atoms with Crippen LogP contribution >= 0.6 is 38.9 Å². The van der Waals surface area contributed by atoms with Crippen molar-refractivity contribution in [1.82, 2.24) is 15.0 Å². The Hall–Kier alpha value is -0.720. The molecule has 2 aromatic rings. The number of hydrogen-bond acceptors (Lipinski definition) is 5. The molecule has 0 radical (unpaired) electrons. The fraction of sp³-hybridized carbons (Fsp3) is 0.300. The maximum absolute atomic E-state index is 5.83. The first-order valence-corrected chi connectivity index (χ1v) is 6.91. The van der Waals surface area contributed by atoms with Crippen LogP contribution in [-0.2, 0) is 6.42 Å². The summed E-state index contributed by atoms with van der Waals surface area (Å²) in [6.45, 7) is 2.53. The molecule has 0 aliphatic carbocycles. The minimum atomic E-state index is 0.351. The van der Waals surface area contributed by atoms with Crippen LogP contribution in [0.15, 0.2) is 16.3 Å². The van der Waals surface area contributed by atoms with Gasteiger partial charge >= 0.3 is 0 Å². The van der Waals surface area contributed by atoms with Crippen LogP contribution in [0.1, 0.15) is 10.6 Å². The number of aryl methyl sites for hydroxylation is 1. The molecule has 0 amide bonds. The summed E-state index contributed by atoms with van der Waals surface area (Å²) >= 11 is 10.7. The smallest absolute Gasteiger partial charge is 0.232 e. The molecule has 2 rings (SSSR count). The molecule has 2 aromatic heterocycles. The molecule has 4 nitrogen and oxygen atoms in total. The minimum absolute atomic E-state index is 0.351. The number of rotatable bonds is 4. The summed E-state index contributed by atoms with van der Waals surface area (Å²) in [6, 6.07) is 0. The molecule has 0 N–H and O–H groups in total. The van der Waals surface area contributed by atoms with Gasteiger partial charge in [-0.2, -0.15) is 0 Å². The van der Waals surface area contributed by atoms with Crippen molar-refractivity contribution < 1.29 is 4.74 Å². The van der Waals surface area contributed by atoms with E-state index in [0.29, 0.717) is 22.1 Å². The third-order valence-electron chi connectivity index (χ3n) is 2.13. The minimum Gasteiger partial charge on any atom is -0.476 e. The molecule has 0 saturated heterocycles. The molecule has 0 bridgehead atoms. The molecule has 0 aliphatic rings. The average Bonchev–Trinajstić information content (AvgIpc) is 2.71. The summed E-state index contributed by atoms with van der Waals surface area (Å²) < 4.78 is 6.13. The fourth-order valence-electron chi connectivity index (χ4n) is 1.24. The van der Waals surface area contributed by atoms with Crippen LogP contribution in [0.3, 0.4) is 0 Å². The average molecular weight is 335 g/mol. The highest BCUT2D eigenvalue weighted by Gasteiger charge is 2.08. The van der Waals surface area contributed by atoms with Crippen LogP contribution < -0.4 is 4.74 Å². The number of ether oxygens (including phenoxy) is 1. The third kappa shape index (κ3) is 3.14. The Morgan fingerprint density at radius 2 is 2.24 bits per heavy atom. The van der Waals surface area contributed by atoms with E-state index in [1.807, 2.05) is 12.4 Å². The van der Waals surface area contributed by atoms with Gasteiger partial charge in [0.2, 0.25) is 5.88 Å². The van der Waals surface area contributed by atoms with Gasteiger partial charge in [0.05, 0.1) is 17.8 Å². The van der Waals surface area contributed by atoms with Crippen molar-refractivity contribution in [3.05, 3.63) is 32.0 Å². The van der Waals surface area contributed by atoms with E-state index in [-0.39, 0.29) is 0 Å². The van der Waals surface area contributed by atoms with Crippen molar-refractivity contribution in [3.8, 4) is 5.88 Å². The topological polar surface area (TPSA) is 47.9 Å². The number of hydrogen-bond donors (Lipinski definition) is 0. The fourth-order valence-corrected chi connectivity index (χ4v) is 2.45. The lowest BCUT2D eigenvalue weighted by molar-refractivity contribution is 0.307. The molecule has 0 aliphatic heterocycles. The zero-order chi connectivity index (χ0) is 12.3. The number of thiazole rings is 1. The van der Waals surface area contributed by atoms with E-state index in [1.54, 1.807) is 11.3 Å². The molecule has 0 fully saturated rings. The van der Waals surface area contributed by atoms with Gasteiger partial charge in [-0.3, -0.25) is 0 Å². The molecule has 0 unspecified atom stereocenters. The quantitative estimate of drug-likeness (QED) is 0.805. The van der Waals surface area contributed by atoms with Gasteiger partial charge in [0.25, 0.3) is 0 Å². The van der Waals surface area contributed by atoms with Gasteiger partial charge in [-0.1, -0.05) is 11.6 Å². The van der Waals surface area contributed by atoms with E-state index in [1.165, 1.54) is 11.2 Å².